The Bertz CT molecular complexity index is 946. The van der Waals surface area contributed by atoms with Gasteiger partial charge in [-0.3, -0.25) is 0 Å². The molecule has 0 aliphatic rings. The van der Waals surface area contributed by atoms with E-state index in [-0.39, 0.29) is 0 Å². The van der Waals surface area contributed by atoms with Crippen LogP contribution >= 0.6 is 0 Å². The molecule has 176 valence electrons. The quantitative estimate of drug-likeness (QED) is 0.232. The zero-order valence-electron chi connectivity index (χ0n) is 21.5. The summed E-state index contributed by atoms with van der Waals surface area (Å²) in [5.41, 5.74) is 9.56. The van der Waals surface area contributed by atoms with E-state index in [1.165, 1.54) is 103 Å². The van der Waals surface area contributed by atoms with Crippen molar-refractivity contribution in [1.82, 2.24) is 0 Å². The molecule has 0 saturated carbocycles. The van der Waals surface area contributed by atoms with E-state index in [1.807, 2.05) is 0 Å². The van der Waals surface area contributed by atoms with E-state index < -0.39 is 0 Å². The zero-order valence-corrected chi connectivity index (χ0v) is 21.5. The highest BCUT2D eigenvalue weighted by Crippen LogP contribution is 2.29. The van der Waals surface area contributed by atoms with Gasteiger partial charge in [0, 0.05) is 0 Å². The molecule has 0 spiro atoms. The lowest BCUT2D eigenvalue weighted by Gasteiger charge is -2.11. The van der Waals surface area contributed by atoms with Gasteiger partial charge in [-0.25, -0.2) is 0 Å². The second kappa shape index (κ2) is 13.4. The molecule has 1 unspecified atom stereocenters. The number of unbranched alkanes of at least 4 members (excludes halogenated alkanes) is 4. The lowest BCUT2D eigenvalue weighted by molar-refractivity contribution is 0.484. The summed E-state index contributed by atoms with van der Waals surface area (Å²) < 4.78 is 0. The van der Waals surface area contributed by atoms with Crippen molar-refractivity contribution in [3.63, 3.8) is 0 Å². The minimum absolute atomic E-state index is 0.868. The first kappa shape index (κ1) is 25.3. The molecule has 1 atom stereocenters. The van der Waals surface area contributed by atoms with Crippen molar-refractivity contribution in [3.8, 4) is 22.3 Å². The van der Waals surface area contributed by atoms with Crippen LogP contribution in [-0.2, 0) is 12.8 Å². The fraction of sp³-hybridized carbons (Fsp3) is 0.455. The third kappa shape index (κ3) is 7.88. The molecule has 0 amide bonds. The van der Waals surface area contributed by atoms with Crippen molar-refractivity contribution in [2.24, 2.45) is 5.92 Å². The lowest BCUT2D eigenvalue weighted by Crippen LogP contribution is -1.93. The summed E-state index contributed by atoms with van der Waals surface area (Å²) in [6.07, 6.45) is 13.0. The van der Waals surface area contributed by atoms with Crippen molar-refractivity contribution >= 4 is 0 Å². The Morgan fingerprint density at radius 2 is 1.18 bits per heavy atom. The predicted octanol–water partition coefficient (Wildman–Crippen LogP) is 10.2. The van der Waals surface area contributed by atoms with Gasteiger partial charge in [-0.05, 0) is 77.5 Å². The zero-order chi connectivity index (χ0) is 23.5. The molecule has 0 nitrogen and oxygen atoms in total. The number of rotatable bonds is 13. The minimum Gasteiger partial charge on any atom is -0.0654 e. The molecule has 3 rings (SSSR count). The fourth-order valence-electron chi connectivity index (χ4n) is 4.66. The number of benzene rings is 3. The Morgan fingerprint density at radius 1 is 0.606 bits per heavy atom. The molecule has 33 heavy (non-hydrogen) atoms. The number of hydrogen-bond donors (Lipinski definition) is 0. The maximum atomic E-state index is 2.37. The molecule has 0 heterocycles. The predicted molar refractivity (Wildman–Crippen MR) is 147 cm³/mol. The van der Waals surface area contributed by atoms with Gasteiger partial charge < -0.3 is 0 Å². The molecule has 0 radical (unpaired) electrons. The van der Waals surface area contributed by atoms with Crippen LogP contribution in [0, 0.1) is 12.8 Å². The van der Waals surface area contributed by atoms with E-state index in [9.17, 15) is 0 Å². The molecule has 0 fully saturated rings. The smallest absolute Gasteiger partial charge is 0.0154 e. The van der Waals surface area contributed by atoms with Gasteiger partial charge in [0.05, 0.1) is 0 Å². The van der Waals surface area contributed by atoms with Gasteiger partial charge in [-0.2, -0.15) is 0 Å². The topological polar surface area (TPSA) is 0 Å². The average Bonchev–Trinajstić information content (AvgIpc) is 2.85. The Balaban J connectivity index is 1.58. The second-order valence-corrected chi connectivity index (χ2v) is 9.99. The maximum Gasteiger partial charge on any atom is -0.0154 e. The van der Waals surface area contributed by atoms with Crippen LogP contribution in [0.3, 0.4) is 0 Å². The monoisotopic (exact) mass is 440 g/mol. The van der Waals surface area contributed by atoms with E-state index in [1.54, 1.807) is 0 Å². The summed E-state index contributed by atoms with van der Waals surface area (Å²) in [4.78, 5) is 0. The first-order chi connectivity index (χ1) is 16.1. The molecule has 0 aliphatic carbocycles. The SMILES string of the molecule is CCCCCCc1ccc(-c2ccc(-c3ccc(CCCCC(C)CC)cc3)cc2C)cc1. The Kier molecular flexibility index (Phi) is 10.3. The summed E-state index contributed by atoms with van der Waals surface area (Å²) in [5, 5.41) is 0. The van der Waals surface area contributed by atoms with E-state index in [0.29, 0.717) is 0 Å². The molecular weight excluding hydrogens is 396 g/mol. The Morgan fingerprint density at radius 3 is 1.76 bits per heavy atom. The third-order valence-corrected chi connectivity index (χ3v) is 7.21. The summed E-state index contributed by atoms with van der Waals surface area (Å²) in [6, 6.07) is 25.4. The van der Waals surface area contributed by atoms with E-state index in [0.717, 1.165) is 5.92 Å². The molecule has 0 heteroatoms. The van der Waals surface area contributed by atoms with Crippen LogP contribution in [0.5, 0.6) is 0 Å². The van der Waals surface area contributed by atoms with E-state index in [2.05, 4.69) is 94.4 Å². The highest BCUT2D eigenvalue weighted by atomic mass is 14.1. The molecule has 0 N–H and O–H groups in total. The molecule has 0 saturated heterocycles. The van der Waals surface area contributed by atoms with Gasteiger partial charge in [0.15, 0.2) is 0 Å². The number of hydrogen-bond acceptors (Lipinski definition) is 0. The van der Waals surface area contributed by atoms with Gasteiger partial charge in [0.2, 0.25) is 0 Å². The molecule has 3 aromatic rings. The van der Waals surface area contributed by atoms with Gasteiger partial charge in [-0.15, -0.1) is 0 Å². The normalized spacial score (nSPS) is 12.1. The second-order valence-electron chi connectivity index (χ2n) is 9.99. The Labute approximate surface area is 203 Å². The van der Waals surface area contributed by atoms with Gasteiger partial charge in [0.1, 0.15) is 0 Å². The van der Waals surface area contributed by atoms with Crippen molar-refractivity contribution in [3.05, 3.63) is 83.4 Å². The van der Waals surface area contributed by atoms with Crippen molar-refractivity contribution in [2.45, 2.75) is 91.9 Å². The molecule has 0 bridgehead atoms. The van der Waals surface area contributed by atoms with Crippen molar-refractivity contribution in [2.75, 3.05) is 0 Å². The van der Waals surface area contributed by atoms with Crippen molar-refractivity contribution in [1.29, 1.82) is 0 Å². The minimum atomic E-state index is 0.868. The van der Waals surface area contributed by atoms with Gasteiger partial charge in [0.25, 0.3) is 0 Å². The summed E-state index contributed by atoms with van der Waals surface area (Å²) in [5.74, 6) is 0.868. The van der Waals surface area contributed by atoms with Crippen LogP contribution < -0.4 is 0 Å². The molecular formula is C33H44. The van der Waals surface area contributed by atoms with E-state index >= 15 is 0 Å². The van der Waals surface area contributed by atoms with Crippen molar-refractivity contribution < 1.29 is 0 Å². The maximum absolute atomic E-state index is 2.37. The summed E-state index contributed by atoms with van der Waals surface area (Å²) in [6.45, 7) is 9.17. The molecule has 3 aromatic carbocycles. The molecule has 0 aliphatic heterocycles. The highest BCUT2D eigenvalue weighted by molar-refractivity contribution is 5.73. The van der Waals surface area contributed by atoms with Crippen LogP contribution in [0.15, 0.2) is 66.7 Å². The summed E-state index contributed by atoms with van der Waals surface area (Å²) in [7, 11) is 0. The summed E-state index contributed by atoms with van der Waals surface area (Å²) >= 11 is 0. The third-order valence-electron chi connectivity index (χ3n) is 7.21. The number of aryl methyl sites for hydroxylation is 3. The van der Waals surface area contributed by atoms with E-state index in [4.69, 9.17) is 0 Å². The average molecular weight is 441 g/mol. The lowest BCUT2D eigenvalue weighted by atomic mass is 9.94. The first-order valence-corrected chi connectivity index (χ1v) is 13.4. The fourth-order valence-corrected chi connectivity index (χ4v) is 4.66. The first-order valence-electron chi connectivity index (χ1n) is 13.4. The van der Waals surface area contributed by atoms with Crippen LogP contribution in [0.2, 0.25) is 0 Å². The van der Waals surface area contributed by atoms with Crippen LogP contribution in [0.1, 0.15) is 88.8 Å². The van der Waals surface area contributed by atoms with Crippen LogP contribution in [0.4, 0.5) is 0 Å². The van der Waals surface area contributed by atoms with Crippen LogP contribution in [0.25, 0.3) is 22.3 Å². The van der Waals surface area contributed by atoms with Gasteiger partial charge >= 0.3 is 0 Å². The largest absolute Gasteiger partial charge is 0.0654 e. The van der Waals surface area contributed by atoms with Crippen LogP contribution in [-0.4, -0.2) is 0 Å². The Hall–Kier alpha value is -2.34. The van der Waals surface area contributed by atoms with Gasteiger partial charge in [-0.1, -0.05) is 126 Å². The molecule has 0 aromatic heterocycles. The standard InChI is InChI=1S/C33H44/c1-5-7-8-9-13-28-17-21-31(22-18-28)33-24-23-32(25-27(33)4)30-19-15-29(16-20-30)14-11-10-12-26(3)6-2/h15-26H,5-14H2,1-4H3. The highest BCUT2D eigenvalue weighted by Gasteiger charge is 2.06.